The zero-order chi connectivity index (χ0) is 29.7. The van der Waals surface area contributed by atoms with Crippen LogP contribution in [0.3, 0.4) is 0 Å². The smallest absolute Gasteiger partial charge is 0.374 e. The highest BCUT2D eigenvalue weighted by molar-refractivity contribution is 7.98. The molecular formula is C29H27F4N5O2S2. The van der Waals surface area contributed by atoms with E-state index in [4.69, 9.17) is 0 Å². The maximum atomic E-state index is 13.9. The summed E-state index contributed by atoms with van der Waals surface area (Å²) in [7, 11) is 0. The molecule has 0 radical (unpaired) electrons. The summed E-state index contributed by atoms with van der Waals surface area (Å²) in [5, 5.41) is 16.1. The first-order valence-corrected chi connectivity index (χ1v) is 14.9. The second-order valence-corrected chi connectivity index (χ2v) is 11.8. The van der Waals surface area contributed by atoms with Gasteiger partial charge in [0.2, 0.25) is 0 Å². The summed E-state index contributed by atoms with van der Waals surface area (Å²) in [5.74, 6) is -0.580. The maximum absolute atomic E-state index is 13.9. The number of aliphatic hydroxyl groups is 1. The number of hydrogen-bond donors (Lipinski definition) is 3. The number of nitrogens with one attached hydrogen (secondary N) is 2. The summed E-state index contributed by atoms with van der Waals surface area (Å²) in [6, 6.07) is 18.7. The summed E-state index contributed by atoms with van der Waals surface area (Å²) < 4.78 is 55.0. The van der Waals surface area contributed by atoms with Crippen molar-refractivity contribution in [1.82, 2.24) is 9.97 Å². The van der Waals surface area contributed by atoms with Gasteiger partial charge in [-0.15, -0.1) is 23.1 Å². The molecule has 4 aromatic rings. The molecule has 1 atom stereocenters. The minimum absolute atomic E-state index is 0.0855. The molecule has 42 heavy (non-hydrogen) atoms. The van der Waals surface area contributed by atoms with Crippen molar-refractivity contribution in [2.75, 3.05) is 28.6 Å². The van der Waals surface area contributed by atoms with Gasteiger partial charge in [0.15, 0.2) is 5.69 Å². The third kappa shape index (κ3) is 7.39. The molecule has 1 fully saturated rings. The summed E-state index contributed by atoms with van der Waals surface area (Å²) >= 11 is 2.06. The van der Waals surface area contributed by atoms with Gasteiger partial charge in [-0.2, -0.15) is 13.2 Å². The van der Waals surface area contributed by atoms with E-state index in [0.29, 0.717) is 31.7 Å². The molecule has 0 aliphatic carbocycles. The molecule has 1 aliphatic rings. The molecule has 3 N–H and O–H groups in total. The van der Waals surface area contributed by atoms with Gasteiger partial charge in [-0.05, 0) is 49.2 Å². The van der Waals surface area contributed by atoms with Gasteiger partial charge in [0.1, 0.15) is 27.7 Å². The van der Waals surface area contributed by atoms with Crippen LogP contribution in [-0.2, 0) is 11.9 Å². The number of amides is 1. The normalized spacial score (nSPS) is 14.9. The number of piperidine rings is 1. The van der Waals surface area contributed by atoms with Gasteiger partial charge >= 0.3 is 6.18 Å². The number of para-hydroxylation sites is 1. The zero-order valence-electron chi connectivity index (χ0n) is 22.1. The minimum atomic E-state index is -4.77. The number of rotatable bonds is 9. The first-order valence-electron chi connectivity index (χ1n) is 13.1. The number of aliphatic hydroxyl groups excluding tert-OH is 1. The molecule has 5 rings (SSSR count). The molecule has 13 heteroatoms. The van der Waals surface area contributed by atoms with Crippen molar-refractivity contribution >= 4 is 46.2 Å². The Balaban J connectivity index is 1.17. The third-order valence-electron chi connectivity index (χ3n) is 6.74. The molecule has 1 amide bonds. The van der Waals surface area contributed by atoms with Crippen molar-refractivity contribution in [2.24, 2.45) is 5.92 Å². The molecule has 0 spiro atoms. The van der Waals surface area contributed by atoms with Crippen LogP contribution in [-0.4, -0.2) is 40.3 Å². The fraction of sp³-hybridized carbons (Fsp3) is 0.276. The Bertz CT molecular complexity index is 1490. The predicted octanol–water partition coefficient (Wildman–Crippen LogP) is 6.89. The number of halogens is 4. The fourth-order valence-electron chi connectivity index (χ4n) is 4.57. The van der Waals surface area contributed by atoms with E-state index in [1.807, 2.05) is 35.2 Å². The van der Waals surface area contributed by atoms with Crippen LogP contribution < -0.4 is 15.5 Å². The van der Waals surface area contributed by atoms with E-state index in [-0.39, 0.29) is 28.1 Å². The second-order valence-electron chi connectivity index (χ2n) is 9.64. The van der Waals surface area contributed by atoms with Gasteiger partial charge in [-0.3, -0.25) is 4.79 Å². The SMILES string of the molecule is O=C(Nc1ccc(N2CCC(C(O)Nc3ccccc3F)CC2)nc1)c1sc(CSc2ccccc2)nc1C(F)(F)F. The third-order valence-corrected chi connectivity index (χ3v) is 9.00. The average molecular weight is 618 g/mol. The fourth-order valence-corrected chi connectivity index (χ4v) is 6.46. The molecule has 2 aromatic heterocycles. The number of thiazole rings is 1. The Morgan fingerprint density at radius 3 is 2.45 bits per heavy atom. The Morgan fingerprint density at radius 1 is 1.07 bits per heavy atom. The van der Waals surface area contributed by atoms with Crippen molar-refractivity contribution in [3.63, 3.8) is 0 Å². The molecule has 2 aromatic carbocycles. The lowest BCUT2D eigenvalue weighted by atomic mass is 9.94. The van der Waals surface area contributed by atoms with Crippen LogP contribution in [0.25, 0.3) is 0 Å². The van der Waals surface area contributed by atoms with Gasteiger partial charge in [0.05, 0.1) is 23.3 Å². The predicted molar refractivity (Wildman–Crippen MR) is 156 cm³/mol. The maximum Gasteiger partial charge on any atom is 0.435 e. The average Bonchev–Trinajstić information content (AvgIpc) is 3.44. The zero-order valence-corrected chi connectivity index (χ0v) is 23.8. The quantitative estimate of drug-likeness (QED) is 0.107. The van der Waals surface area contributed by atoms with Crippen LogP contribution in [0.15, 0.2) is 77.8 Å². The van der Waals surface area contributed by atoms with E-state index in [2.05, 4.69) is 20.6 Å². The second kappa shape index (κ2) is 13.1. The molecule has 0 bridgehead atoms. The number of benzene rings is 2. The van der Waals surface area contributed by atoms with Crippen molar-refractivity contribution in [3.05, 3.63) is 94.3 Å². The van der Waals surface area contributed by atoms with Gasteiger partial charge in [0.25, 0.3) is 5.91 Å². The minimum Gasteiger partial charge on any atom is -0.374 e. The van der Waals surface area contributed by atoms with E-state index in [1.165, 1.54) is 24.0 Å². The lowest BCUT2D eigenvalue weighted by Gasteiger charge is -2.35. The van der Waals surface area contributed by atoms with Crippen LogP contribution >= 0.6 is 23.1 Å². The number of aromatic nitrogens is 2. The van der Waals surface area contributed by atoms with Crippen molar-refractivity contribution in [2.45, 2.75) is 35.9 Å². The summed E-state index contributed by atoms with van der Waals surface area (Å²) in [4.78, 5) is 23.4. The number of thioether (sulfide) groups is 1. The highest BCUT2D eigenvalue weighted by atomic mass is 32.2. The lowest BCUT2D eigenvalue weighted by Crippen LogP contribution is -2.40. The van der Waals surface area contributed by atoms with E-state index in [0.717, 1.165) is 16.2 Å². The Morgan fingerprint density at radius 2 is 1.79 bits per heavy atom. The molecule has 0 saturated carbocycles. The van der Waals surface area contributed by atoms with Gasteiger partial charge in [-0.1, -0.05) is 30.3 Å². The highest BCUT2D eigenvalue weighted by Gasteiger charge is 2.39. The standard InChI is InChI=1S/C29H27F4N5O2S2/c30-21-8-4-5-9-22(21)36-27(39)18-12-14-38(15-13-18)23-11-10-19(16-34-23)35-28(40)25-26(29(31,32)33)37-24(42-25)17-41-20-6-2-1-3-7-20/h1-11,16,18,27,36,39H,12-15,17H2,(H,35,40). The molecule has 3 heterocycles. The number of carbonyl (C=O) groups is 1. The molecule has 220 valence electrons. The van der Waals surface area contributed by atoms with Crippen molar-refractivity contribution < 1.29 is 27.5 Å². The number of nitrogens with zero attached hydrogens (tertiary/aromatic N) is 3. The van der Waals surface area contributed by atoms with E-state index < -0.39 is 34.7 Å². The molecular weight excluding hydrogens is 590 g/mol. The molecule has 1 unspecified atom stereocenters. The van der Waals surface area contributed by atoms with Crippen LogP contribution in [0.4, 0.5) is 34.8 Å². The number of anilines is 3. The number of carbonyl (C=O) groups excluding carboxylic acids is 1. The number of alkyl halides is 3. The first-order chi connectivity index (χ1) is 20.2. The van der Waals surface area contributed by atoms with Crippen LogP contribution in [0.1, 0.15) is 33.2 Å². The Hall–Kier alpha value is -3.68. The summed E-state index contributed by atoms with van der Waals surface area (Å²) in [6.45, 7) is 1.19. The van der Waals surface area contributed by atoms with E-state index >= 15 is 0 Å². The Kier molecular flexibility index (Phi) is 9.29. The molecule has 1 saturated heterocycles. The largest absolute Gasteiger partial charge is 0.435 e. The number of hydrogen-bond acceptors (Lipinski definition) is 8. The Labute approximate surface area is 248 Å². The molecule has 1 aliphatic heterocycles. The first kappa shape index (κ1) is 29.8. The monoisotopic (exact) mass is 617 g/mol. The number of pyridine rings is 1. The van der Waals surface area contributed by atoms with Crippen molar-refractivity contribution in [1.29, 1.82) is 0 Å². The van der Waals surface area contributed by atoms with Gasteiger partial charge in [0, 0.05) is 23.9 Å². The van der Waals surface area contributed by atoms with E-state index in [9.17, 15) is 27.5 Å². The van der Waals surface area contributed by atoms with Crippen LogP contribution in [0, 0.1) is 11.7 Å². The van der Waals surface area contributed by atoms with Crippen molar-refractivity contribution in [3.8, 4) is 0 Å². The lowest BCUT2D eigenvalue weighted by molar-refractivity contribution is -0.141. The van der Waals surface area contributed by atoms with Crippen LogP contribution in [0.2, 0.25) is 0 Å². The van der Waals surface area contributed by atoms with Crippen LogP contribution in [0.5, 0.6) is 0 Å². The van der Waals surface area contributed by atoms with Gasteiger partial charge in [-0.25, -0.2) is 14.4 Å². The summed E-state index contributed by atoms with van der Waals surface area (Å²) in [5.41, 5.74) is -0.701. The highest BCUT2D eigenvalue weighted by Crippen LogP contribution is 2.36. The van der Waals surface area contributed by atoms with Gasteiger partial charge < -0.3 is 20.6 Å². The molecule has 7 nitrogen and oxygen atoms in total. The topological polar surface area (TPSA) is 90.4 Å². The summed E-state index contributed by atoms with van der Waals surface area (Å²) in [6.07, 6.45) is -3.00. The van der Waals surface area contributed by atoms with E-state index in [1.54, 1.807) is 30.3 Å².